The zero-order chi connectivity index (χ0) is 13.7. The van der Waals surface area contributed by atoms with Gasteiger partial charge in [0.25, 0.3) is 0 Å². The van der Waals surface area contributed by atoms with Crippen LogP contribution in [0, 0.1) is 6.92 Å². The minimum absolute atomic E-state index is 0.189. The molecule has 0 atom stereocenters. The highest BCUT2D eigenvalue weighted by Gasteiger charge is 2.07. The Morgan fingerprint density at radius 1 is 1.11 bits per heavy atom. The van der Waals surface area contributed by atoms with Gasteiger partial charge in [-0.25, -0.2) is 0 Å². The minimum Gasteiger partial charge on any atom is -0.396 e. The Morgan fingerprint density at radius 3 is 2.53 bits per heavy atom. The average Bonchev–Trinajstić information content (AvgIpc) is 2.46. The summed E-state index contributed by atoms with van der Waals surface area (Å²) in [5.74, 6) is 0. The van der Waals surface area contributed by atoms with Crippen molar-refractivity contribution < 1.29 is 9.84 Å². The number of benzene rings is 2. The van der Waals surface area contributed by atoms with Gasteiger partial charge in [-0.05, 0) is 47.2 Å². The highest BCUT2D eigenvalue weighted by Crippen LogP contribution is 2.26. The summed E-state index contributed by atoms with van der Waals surface area (Å²) in [5, 5.41) is 11.4. The molecule has 0 heterocycles. The molecule has 0 spiro atoms. The van der Waals surface area contributed by atoms with Gasteiger partial charge < -0.3 is 9.84 Å². The Labute approximate surface area is 115 Å². The molecule has 0 fully saturated rings. The van der Waals surface area contributed by atoms with Crippen LogP contribution in [0.4, 0.5) is 0 Å². The van der Waals surface area contributed by atoms with Gasteiger partial charge in [0, 0.05) is 13.2 Å². The number of aryl methyl sites for hydroxylation is 2. The predicted molar refractivity (Wildman–Crippen MR) is 79.4 cm³/mol. The fraction of sp³-hybridized carbons (Fsp3) is 0.412. The standard InChI is InChI=1S/C17H22O2/c1-3-14-11-15(12-19-10-6-9-18)17-8-5-4-7-16(17)13(14)2/h4-5,7-8,11,18H,3,6,9-10,12H2,1-2H3. The minimum atomic E-state index is 0.189. The SMILES string of the molecule is CCc1cc(COCCCO)c2ccccc2c1C. The predicted octanol–water partition coefficient (Wildman–Crippen LogP) is 3.61. The largest absolute Gasteiger partial charge is 0.396 e. The van der Waals surface area contributed by atoms with Crippen molar-refractivity contribution in [2.75, 3.05) is 13.2 Å². The van der Waals surface area contributed by atoms with E-state index in [9.17, 15) is 0 Å². The van der Waals surface area contributed by atoms with Crippen LogP contribution in [-0.4, -0.2) is 18.3 Å². The molecule has 0 radical (unpaired) electrons. The van der Waals surface area contributed by atoms with Crippen LogP contribution in [0.1, 0.15) is 30.0 Å². The molecule has 0 aliphatic heterocycles. The van der Waals surface area contributed by atoms with Gasteiger partial charge in [0.05, 0.1) is 6.61 Å². The first-order valence-electron chi connectivity index (χ1n) is 6.96. The van der Waals surface area contributed by atoms with E-state index in [1.54, 1.807) is 0 Å². The molecule has 0 bridgehead atoms. The molecule has 0 unspecified atom stereocenters. The first-order chi connectivity index (χ1) is 9.27. The zero-order valence-corrected chi connectivity index (χ0v) is 11.8. The van der Waals surface area contributed by atoms with E-state index in [-0.39, 0.29) is 6.61 Å². The first kappa shape index (κ1) is 14.0. The molecule has 1 N–H and O–H groups in total. The topological polar surface area (TPSA) is 29.5 Å². The van der Waals surface area contributed by atoms with Gasteiger partial charge in [-0.2, -0.15) is 0 Å². The molecule has 0 aliphatic rings. The molecular formula is C17H22O2. The molecule has 2 heteroatoms. The number of aliphatic hydroxyl groups excluding tert-OH is 1. The Kier molecular flexibility index (Phi) is 4.94. The van der Waals surface area contributed by atoms with E-state index >= 15 is 0 Å². The maximum absolute atomic E-state index is 8.77. The van der Waals surface area contributed by atoms with Crippen molar-refractivity contribution in [3.05, 3.63) is 47.0 Å². The molecule has 0 saturated carbocycles. The number of hydrogen-bond acceptors (Lipinski definition) is 2. The number of ether oxygens (including phenoxy) is 1. The molecule has 0 aromatic heterocycles. The van der Waals surface area contributed by atoms with Crippen LogP contribution in [0.25, 0.3) is 10.8 Å². The monoisotopic (exact) mass is 258 g/mol. The third kappa shape index (κ3) is 3.14. The number of aliphatic hydroxyl groups is 1. The summed E-state index contributed by atoms with van der Waals surface area (Å²) in [7, 11) is 0. The van der Waals surface area contributed by atoms with E-state index in [0.29, 0.717) is 19.6 Å². The van der Waals surface area contributed by atoms with E-state index in [2.05, 4.69) is 44.2 Å². The number of hydrogen-bond donors (Lipinski definition) is 1. The summed E-state index contributed by atoms with van der Waals surface area (Å²) < 4.78 is 5.65. The maximum Gasteiger partial charge on any atom is 0.0722 e. The summed E-state index contributed by atoms with van der Waals surface area (Å²) >= 11 is 0. The molecule has 0 saturated heterocycles. The van der Waals surface area contributed by atoms with Crippen molar-refractivity contribution in [3.8, 4) is 0 Å². The van der Waals surface area contributed by atoms with Crippen LogP contribution in [0.15, 0.2) is 30.3 Å². The lowest BCUT2D eigenvalue weighted by Crippen LogP contribution is -2.00. The second-order valence-corrected chi connectivity index (χ2v) is 4.85. The molecule has 2 aromatic rings. The van der Waals surface area contributed by atoms with Crippen LogP contribution in [0.5, 0.6) is 0 Å². The Morgan fingerprint density at radius 2 is 1.84 bits per heavy atom. The quantitative estimate of drug-likeness (QED) is 0.802. The summed E-state index contributed by atoms with van der Waals surface area (Å²) in [5.41, 5.74) is 4.01. The lowest BCUT2D eigenvalue weighted by Gasteiger charge is -2.13. The summed E-state index contributed by atoms with van der Waals surface area (Å²) in [6.07, 6.45) is 1.74. The van der Waals surface area contributed by atoms with Crippen molar-refractivity contribution in [1.29, 1.82) is 0 Å². The summed E-state index contributed by atoms with van der Waals surface area (Å²) in [6, 6.07) is 10.8. The molecule has 0 amide bonds. The van der Waals surface area contributed by atoms with Gasteiger partial charge in [-0.3, -0.25) is 0 Å². The third-order valence-corrected chi connectivity index (χ3v) is 3.59. The molecule has 0 aliphatic carbocycles. The van der Waals surface area contributed by atoms with Crippen molar-refractivity contribution in [1.82, 2.24) is 0 Å². The van der Waals surface area contributed by atoms with Crippen molar-refractivity contribution >= 4 is 10.8 Å². The lowest BCUT2D eigenvalue weighted by molar-refractivity contribution is 0.105. The van der Waals surface area contributed by atoms with E-state index in [4.69, 9.17) is 9.84 Å². The average molecular weight is 258 g/mol. The van der Waals surface area contributed by atoms with E-state index in [1.165, 1.54) is 27.5 Å². The van der Waals surface area contributed by atoms with Gasteiger partial charge >= 0.3 is 0 Å². The second kappa shape index (κ2) is 6.69. The van der Waals surface area contributed by atoms with E-state index in [1.807, 2.05) is 0 Å². The van der Waals surface area contributed by atoms with Gasteiger partial charge in [-0.1, -0.05) is 37.3 Å². The van der Waals surface area contributed by atoms with Gasteiger partial charge in [0.2, 0.25) is 0 Å². The van der Waals surface area contributed by atoms with Gasteiger partial charge in [-0.15, -0.1) is 0 Å². The molecule has 2 nitrogen and oxygen atoms in total. The maximum atomic E-state index is 8.77. The Hall–Kier alpha value is -1.38. The van der Waals surface area contributed by atoms with Crippen LogP contribution < -0.4 is 0 Å². The van der Waals surface area contributed by atoms with Gasteiger partial charge in [0.15, 0.2) is 0 Å². The summed E-state index contributed by atoms with van der Waals surface area (Å²) in [6.45, 7) is 5.80. The molecule has 19 heavy (non-hydrogen) atoms. The zero-order valence-electron chi connectivity index (χ0n) is 11.8. The smallest absolute Gasteiger partial charge is 0.0722 e. The van der Waals surface area contributed by atoms with Crippen molar-refractivity contribution in [3.63, 3.8) is 0 Å². The van der Waals surface area contributed by atoms with Crippen LogP contribution >= 0.6 is 0 Å². The number of fused-ring (bicyclic) bond motifs is 1. The fourth-order valence-electron chi connectivity index (χ4n) is 2.49. The Bertz CT molecular complexity index is 546. The first-order valence-corrected chi connectivity index (χ1v) is 6.96. The van der Waals surface area contributed by atoms with Crippen molar-refractivity contribution in [2.45, 2.75) is 33.3 Å². The van der Waals surface area contributed by atoms with E-state index < -0.39 is 0 Å². The summed E-state index contributed by atoms with van der Waals surface area (Å²) in [4.78, 5) is 0. The van der Waals surface area contributed by atoms with E-state index in [0.717, 1.165) is 6.42 Å². The molecule has 2 rings (SSSR count). The highest BCUT2D eigenvalue weighted by atomic mass is 16.5. The highest BCUT2D eigenvalue weighted by molar-refractivity contribution is 5.89. The van der Waals surface area contributed by atoms with Crippen molar-refractivity contribution in [2.24, 2.45) is 0 Å². The van der Waals surface area contributed by atoms with Gasteiger partial charge in [0.1, 0.15) is 0 Å². The normalized spacial score (nSPS) is 11.1. The Balaban J connectivity index is 2.33. The number of rotatable bonds is 6. The molecule has 2 aromatic carbocycles. The van der Waals surface area contributed by atoms with Crippen LogP contribution in [-0.2, 0) is 17.8 Å². The fourth-order valence-corrected chi connectivity index (χ4v) is 2.49. The molecule has 102 valence electrons. The van der Waals surface area contributed by atoms with Crippen LogP contribution in [0.3, 0.4) is 0 Å². The second-order valence-electron chi connectivity index (χ2n) is 4.85. The molecular weight excluding hydrogens is 236 g/mol. The third-order valence-electron chi connectivity index (χ3n) is 3.59. The van der Waals surface area contributed by atoms with Crippen LogP contribution in [0.2, 0.25) is 0 Å². The lowest BCUT2D eigenvalue weighted by atomic mass is 9.94.